The van der Waals surface area contributed by atoms with Crippen LogP contribution in [0.1, 0.15) is 43.2 Å². The number of hydrogen-bond acceptors (Lipinski definition) is 4. The van der Waals surface area contributed by atoms with Crippen LogP contribution in [-0.2, 0) is 19.1 Å². The van der Waals surface area contributed by atoms with E-state index in [1.807, 2.05) is 32.0 Å². The summed E-state index contributed by atoms with van der Waals surface area (Å²) in [7, 11) is 0. The number of amides is 2. The van der Waals surface area contributed by atoms with Crippen LogP contribution in [0.15, 0.2) is 18.2 Å². The maximum atomic E-state index is 11.9. The molecule has 1 aromatic carbocycles. The van der Waals surface area contributed by atoms with Crippen molar-refractivity contribution >= 4 is 23.5 Å². The van der Waals surface area contributed by atoms with E-state index in [0.29, 0.717) is 12.3 Å². The Labute approximate surface area is 148 Å². The van der Waals surface area contributed by atoms with E-state index >= 15 is 0 Å². The molecule has 2 N–H and O–H groups in total. The van der Waals surface area contributed by atoms with E-state index in [0.717, 1.165) is 42.5 Å². The van der Waals surface area contributed by atoms with E-state index in [4.69, 9.17) is 4.74 Å². The highest BCUT2D eigenvalue weighted by atomic mass is 16.5. The van der Waals surface area contributed by atoms with Crippen molar-refractivity contribution < 1.29 is 19.1 Å². The first-order chi connectivity index (χ1) is 12.0. The van der Waals surface area contributed by atoms with Crippen molar-refractivity contribution in [2.24, 2.45) is 5.92 Å². The normalized spacial score (nSPS) is 14.2. The second-order valence-electron chi connectivity index (χ2n) is 6.59. The van der Waals surface area contributed by atoms with Crippen LogP contribution in [0.5, 0.6) is 0 Å². The summed E-state index contributed by atoms with van der Waals surface area (Å²) in [4.78, 5) is 35.3. The highest BCUT2D eigenvalue weighted by molar-refractivity contribution is 5.95. The predicted octanol–water partition coefficient (Wildman–Crippen LogP) is 2.48. The van der Waals surface area contributed by atoms with Gasteiger partial charge in [-0.05, 0) is 49.8 Å². The first-order valence-corrected chi connectivity index (χ1v) is 8.74. The van der Waals surface area contributed by atoms with Crippen molar-refractivity contribution in [1.82, 2.24) is 5.32 Å². The number of nitrogens with one attached hydrogen (secondary N) is 2. The molecule has 1 saturated carbocycles. The second-order valence-corrected chi connectivity index (χ2v) is 6.59. The SMILES string of the molecule is Cc1cccc(NC(=O)CNC(=O)COC(=O)CC2CCCC2)c1C. The molecule has 1 aliphatic carbocycles. The summed E-state index contributed by atoms with van der Waals surface area (Å²) in [6.45, 7) is 3.38. The molecule has 0 spiro atoms. The first-order valence-electron chi connectivity index (χ1n) is 8.74. The Kier molecular flexibility index (Phi) is 6.98. The third kappa shape index (κ3) is 6.21. The summed E-state index contributed by atoms with van der Waals surface area (Å²) in [5.74, 6) is -0.754. The highest BCUT2D eigenvalue weighted by Gasteiger charge is 2.19. The van der Waals surface area contributed by atoms with Gasteiger partial charge in [0, 0.05) is 12.1 Å². The van der Waals surface area contributed by atoms with Gasteiger partial charge in [-0.15, -0.1) is 0 Å². The first kappa shape index (κ1) is 19.0. The van der Waals surface area contributed by atoms with Crippen LogP contribution in [0.25, 0.3) is 0 Å². The van der Waals surface area contributed by atoms with Gasteiger partial charge in [0.25, 0.3) is 5.91 Å². The molecule has 0 saturated heterocycles. The summed E-state index contributed by atoms with van der Waals surface area (Å²) in [6, 6.07) is 5.64. The van der Waals surface area contributed by atoms with Crippen LogP contribution in [0.2, 0.25) is 0 Å². The molecule has 1 aliphatic rings. The van der Waals surface area contributed by atoms with Crippen LogP contribution < -0.4 is 10.6 Å². The van der Waals surface area contributed by atoms with E-state index < -0.39 is 5.91 Å². The van der Waals surface area contributed by atoms with E-state index in [9.17, 15) is 14.4 Å². The predicted molar refractivity (Wildman–Crippen MR) is 95.1 cm³/mol. The molecular formula is C19H26N2O4. The molecule has 0 atom stereocenters. The van der Waals surface area contributed by atoms with Crippen molar-refractivity contribution in [2.75, 3.05) is 18.5 Å². The van der Waals surface area contributed by atoms with Crippen molar-refractivity contribution in [3.05, 3.63) is 29.3 Å². The number of benzene rings is 1. The van der Waals surface area contributed by atoms with Gasteiger partial charge in [0.05, 0.1) is 6.54 Å². The minimum atomic E-state index is -0.476. The number of anilines is 1. The summed E-state index contributed by atoms with van der Waals surface area (Å²) in [5, 5.41) is 5.22. The van der Waals surface area contributed by atoms with Crippen molar-refractivity contribution in [3.8, 4) is 0 Å². The van der Waals surface area contributed by atoms with Crippen LogP contribution >= 0.6 is 0 Å². The minimum absolute atomic E-state index is 0.160. The van der Waals surface area contributed by atoms with E-state index in [2.05, 4.69) is 10.6 Å². The van der Waals surface area contributed by atoms with Gasteiger partial charge in [-0.2, -0.15) is 0 Å². The molecule has 0 unspecified atom stereocenters. The van der Waals surface area contributed by atoms with Crippen molar-refractivity contribution in [3.63, 3.8) is 0 Å². The van der Waals surface area contributed by atoms with Gasteiger partial charge < -0.3 is 15.4 Å². The monoisotopic (exact) mass is 346 g/mol. The summed E-state index contributed by atoms with van der Waals surface area (Å²) in [5.41, 5.74) is 2.79. The maximum absolute atomic E-state index is 11.9. The Morgan fingerprint density at radius 3 is 2.56 bits per heavy atom. The van der Waals surface area contributed by atoms with Crippen LogP contribution in [0.3, 0.4) is 0 Å². The fourth-order valence-corrected chi connectivity index (χ4v) is 2.97. The Morgan fingerprint density at radius 1 is 1.12 bits per heavy atom. The largest absolute Gasteiger partial charge is 0.456 e. The molecule has 0 heterocycles. The van der Waals surface area contributed by atoms with Gasteiger partial charge in [0.2, 0.25) is 5.91 Å². The van der Waals surface area contributed by atoms with E-state index in [1.165, 1.54) is 0 Å². The molecular weight excluding hydrogens is 320 g/mol. The average Bonchev–Trinajstić information content (AvgIpc) is 3.08. The quantitative estimate of drug-likeness (QED) is 0.743. The molecule has 6 nitrogen and oxygen atoms in total. The van der Waals surface area contributed by atoms with E-state index in [1.54, 1.807) is 0 Å². The van der Waals surface area contributed by atoms with Gasteiger partial charge in [-0.3, -0.25) is 14.4 Å². The molecule has 2 rings (SSSR count). The van der Waals surface area contributed by atoms with Gasteiger partial charge in [-0.25, -0.2) is 0 Å². The number of esters is 1. The average molecular weight is 346 g/mol. The Morgan fingerprint density at radius 2 is 1.84 bits per heavy atom. The lowest BCUT2D eigenvalue weighted by atomic mass is 10.1. The van der Waals surface area contributed by atoms with Crippen LogP contribution in [-0.4, -0.2) is 30.9 Å². The van der Waals surface area contributed by atoms with Crippen molar-refractivity contribution in [2.45, 2.75) is 46.0 Å². The third-order valence-corrected chi connectivity index (χ3v) is 4.62. The van der Waals surface area contributed by atoms with E-state index in [-0.39, 0.29) is 25.0 Å². The highest BCUT2D eigenvalue weighted by Crippen LogP contribution is 2.27. The Balaban J connectivity index is 1.66. The summed E-state index contributed by atoms with van der Waals surface area (Å²) >= 11 is 0. The minimum Gasteiger partial charge on any atom is -0.456 e. The van der Waals surface area contributed by atoms with Gasteiger partial charge in [-0.1, -0.05) is 25.0 Å². The molecule has 6 heteroatoms. The van der Waals surface area contributed by atoms with Crippen molar-refractivity contribution in [1.29, 1.82) is 0 Å². The number of rotatable bonds is 7. The Hall–Kier alpha value is -2.37. The standard InChI is InChI=1S/C19H26N2O4/c1-13-6-5-9-16(14(13)2)21-17(22)11-20-18(23)12-25-19(24)10-15-7-3-4-8-15/h5-6,9,15H,3-4,7-8,10-12H2,1-2H3,(H,20,23)(H,21,22). The summed E-state index contributed by atoms with van der Waals surface area (Å²) in [6.07, 6.45) is 4.81. The lowest BCUT2D eigenvalue weighted by Crippen LogP contribution is -2.35. The lowest BCUT2D eigenvalue weighted by molar-refractivity contribution is -0.149. The Bertz CT molecular complexity index is 636. The molecule has 0 radical (unpaired) electrons. The molecule has 1 aromatic rings. The molecule has 136 valence electrons. The maximum Gasteiger partial charge on any atom is 0.306 e. The molecule has 2 amide bonds. The zero-order chi connectivity index (χ0) is 18.2. The molecule has 25 heavy (non-hydrogen) atoms. The number of carbonyl (C=O) groups is 3. The molecule has 0 aliphatic heterocycles. The van der Waals surface area contributed by atoms with Crippen LogP contribution in [0, 0.1) is 19.8 Å². The smallest absolute Gasteiger partial charge is 0.306 e. The molecule has 1 fully saturated rings. The molecule has 0 aromatic heterocycles. The molecule has 0 bridgehead atoms. The number of ether oxygens (including phenoxy) is 1. The topological polar surface area (TPSA) is 84.5 Å². The lowest BCUT2D eigenvalue weighted by Gasteiger charge is -2.11. The number of carbonyl (C=O) groups excluding carboxylic acids is 3. The van der Waals surface area contributed by atoms with Gasteiger partial charge in [0.1, 0.15) is 0 Å². The zero-order valence-electron chi connectivity index (χ0n) is 14.9. The zero-order valence-corrected chi connectivity index (χ0v) is 14.9. The number of aryl methyl sites for hydroxylation is 1. The fraction of sp³-hybridized carbons (Fsp3) is 0.526. The fourth-order valence-electron chi connectivity index (χ4n) is 2.97. The number of hydrogen-bond donors (Lipinski definition) is 2. The summed E-state index contributed by atoms with van der Waals surface area (Å²) < 4.78 is 4.97. The second kappa shape index (κ2) is 9.20. The van der Waals surface area contributed by atoms with Crippen LogP contribution in [0.4, 0.5) is 5.69 Å². The third-order valence-electron chi connectivity index (χ3n) is 4.62. The van der Waals surface area contributed by atoms with Gasteiger partial charge in [0.15, 0.2) is 6.61 Å². The van der Waals surface area contributed by atoms with Gasteiger partial charge >= 0.3 is 5.97 Å².